The molecule has 2 N–H and O–H groups in total. The molecule has 5 nitrogen and oxygen atoms in total. The maximum Gasteiger partial charge on any atom is 0.271 e. The van der Waals surface area contributed by atoms with E-state index in [2.05, 4.69) is 15.5 Å². The highest BCUT2D eigenvalue weighted by Crippen LogP contribution is 2.11. The maximum absolute atomic E-state index is 11.6. The minimum absolute atomic E-state index is 0.140. The number of methoxy groups -OCH3 is 1. The number of hydrogen-bond acceptors (Lipinski definition) is 3. The zero-order valence-corrected chi connectivity index (χ0v) is 10.0. The van der Waals surface area contributed by atoms with Crippen molar-refractivity contribution in [1.82, 2.24) is 15.5 Å². The first-order chi connectivity index (χ1) is 7.65. The summed E-state index contributed by atoms with van der Waals surface area (Å²) < 4.78 is 4.89. The molecule has 0 aliphatic heterocycles. The van der Waals surface area contributed by atoms with E-state index in [4.69, 9.17) is 4.74 Å². The average molecular weight is 225 g/mol. The van der Waals surface area contributed by atoms with Gasteiger partial charge >= 0.3 is 0 Å². The van der Waals surface area contributed by atoms with E-state index in [1.165, 1.54) is 0 Å². The third-order valence-electron chi connectivity index (χ3n) is 2.26. The van der Waals surface area contributed by atoms with Crippen LogP contribution in [0.4, 0.5) is 0 Å². The summed E-state index contributed by atoms with van der Waals surface area (Å²) >= 11 is 0. The molecule has 0 aliphatic carbocycles. The van der Waals surface area contributed by atoms with Gasteiger partial charge in [-0.05, 0) is 18.4 Å². The lowest BCUT2D eigenvalue weighted by atomic mass is 10.1. The lowest BCUT2D eigenvalue weighted by Gasteiger charge is -2.01. The summed E-state index contributed by atoms with van der Waals surface area (Å²) in [6.45, 7) is 5.36. The molecule has 0 spiro atoms. The Balaban J connectivity index is 2.40. The smallest absolute Gasteiger partial charge is 0.271 e. The molecule has 1 aromatic heterocycles. The summed E-state index contributed by atoms with van der Waals surface area (Å²) in [5.41, 5.74) is 1.42. The molecule has 0 saturated heterocycles. The van der Waals surface area contributed by atoms with Crippen LogP contribution < -0.4 is 5.32 Å². The third kappa shape index (κ3) is 3.66. The number of rotatable bonds is 6. The summed E-state index contributed by atoms with van der Waals surface area (Å²) in [4.78, 5) is 11.6. The monoisotopic (exact) mass is 225 g/mol. The summed E-state index contributed by atoms with van der Waals surface area (Å²) in [6, 6.07) is 1.79. The zero-order chi connectivity index (χ0) is 12.0. The van der Waals surface area contributed by atoms with E-state index in [0.29, 0.717) is 24.8 Å². The van der Waals surface area contributed by atoms with E-state index in [-0.39, 0.29) is 5.91 Å². The highest BCUT2D eigenvalue weighted by Gasteiger charge is 2.11. The Morgan fingerprint density at radius 2 is 2.38 bits per heavy atom. The average Bonchev–Trinajstić information content (AvgIpc) is 2.73. The standard InChI is InChI=1S/C11H19N3O2/c1-8(2)9-7-10(14-13-9)11(15)12-5-4-6-16-3/h7-8H,4-6H2,1-3H3,(H,12,15)(H,13,14). The lowest BCUT2D eigenvalue weighted by molar-refractivity contribution is 0.0943. The fourth-order valence-electron chi connectivity index (χ4n) is 1.26. The molecule has 1 rings (SSSR count). The van der Waals surface area contributed by atoms with Gasteiger partial charge in [0.1, 0.15) is 5.69 Å². The van der Waals surface area contributed by atoms with Gasteiger partial charge in [0.15, 0.2) is 0 Å². The molecule has 0 fully saturated rings. The lowest BCUT2D eigenvalue weighted by Crippen LogP contribution is -2.25. The largest absolute Gasteiger partial charge is 0.385 e. The Labute approximate surface area is 95.6 Å². The Kier molecular flexibility index (Phi) is 4.98. The Hall–Kier alpha value is -1.36. The van der Waals surface area contributed by atoms with Gasteiger partial charge in [-0.3, -0.25) is 9.89 Å². The third-order valence-corrected chi connectivity index (χ3v) is 2.26. The Bertz CT molecular complexity index is 334. The number of aromatic nitrogens is 2. The predicted molar refractivity (Wildman–Crippen MR) is 61.5 cm³/mol. The summed E-state index contributed by atoms with van der Waals surface area (Å²) in [6.07, 6.45) is 0.809. The zero-order valence-electron chi connectivity index (χ0n) is 10.0. The number of hydrogen-bond donors (Lipinski definition) is 2. The molecule has 1 heterocycles. The first-order valence-electron chi connectivity index (χ1n) is 5.47. The van der Waals surface area contributed by atoms with E-state index in [1.807, 2.05) is 13.8 Å². The molecule has 0 aromatic carbocycles. The molecule has 0 radical (unpaired) electrons. The van der Waals surface area contributed by atoms with Crippen molar-refractivity contribution < 1.29 is 9.53 Å². The van der Waals surface area contributed by atoms with Crippen LogP contribution in [0.15, 0.2) is 6.07 Å². The van der Waals surface area contributed by atoms with Crippen LogP contribution in [0.25, 0.3) is 0 Å². The van der Waals surface area contributed by atoms with Gasteiger partial charge in [-0.25, -0.2) is 0 Å². The molecule has 1 aromatic rings. The molecule has 90 valence electrons. The van der Waals surface area contributed by atoms with E-state index >= 15 is 0 Å². The topological polar surface area (TPSA) is 67.0 Å². The van der Waals surface area contributed by atoms with Crippen LogP contribution in [0.1, 0.15) is 42.4 Å². The van der Waals surface area contributed by atoms with Gasteiger partial charge in [-0.1, -0.05) is 13.8 Å². The Morgan fingerprint density at radius 3 is 2.94 bits per heavy atom. The molecule has 1 amide bonds. The second-order valence-corrected chi connectivity index (χ2v) is 3.97. The number of carbonyl (C=O) groups excluding carboxylic acids is 1. The van der Waals surface area contributed by atoms with Crippen LogP contribution in [-0.4, -0.2) is 36.4 Å². The van der Waals surface area contributed by atoms with Crippen molar-refractivity contribution in [2.24, 2.45) is 0 Å². The van der Waals surface area contributed by atoms with E-state index in [9.17, 15) is 4.79 Å². The van der Waals surface area contributed by atoms with Gasteiger partial charge in [-0.15, -0.1) is 0 Å². The Morgan fingerprint density at radius 1 is 1.62 bits per heavy atom. The van der Waals surface area contributed by atoms with E-state index in [1.54, 1.807) is 13.2 Å². The van der Waals surface area contributed by atoms with Crippen LogP contribution in [-0.2, 0) is 4.74 Å². The van der Waals surface area contributed by atoms with Gasteiger partial charge in [0.2, 0.25) is 0 Å². The quantitative estimate of drug-likeness (QED) is 0.717. The highest BCUT2D eigenvalue weighted by molar-refractivity contribution is 5.92. The second-order valence-electron chi connectivity index (χ2n) is 3.97. The van der Waals surface area contributed by atoms with Crippen molar-refractivity contribution in [2.45, 2.75) is 26.2 Å². The predicted octanol–water partition coefficient (Wildman–Crippen LogP) is 1.30. The fourth-order valence-corrected chi connectivity index (χ4v) is 1.26. The van der Waals surface area contributed by atoms with E-state index < -0.39 is 0 Å². The molecular formula is C11H19N3O2. The van der Waals surface area contributed by atoms with Gasteiger partial charge in [0, 0.05) is 26.0 Å². The molecule has 0 bridgehead atoms. The molecule has 0 saturated carbocycles. The number of H-pyrrole nitrogens is 1. The van der Waals surface area contributed by atoms with Crippen LogP contribution in [0, 0.1) is 0 Å². The fraction of sp³-hybridized carbons (Fsp3) is 0.636. The highest BCUT2D eigenvalue weighted by atomic mass is 16.5. The summed E-state index contributed by atoms with van der Waals surface area (Å²) in [5.74, 6) is 0.210. The molecule has 5 heteroatoms. The molecule has 0 aliphatic rings. The van der Waals surface area contributed by atoms with Gasteiger partial charge in [-0.2, -0.15) is 5.10 Å². The van der Waals surface area contributed by atoms with Crippen molar-refractivity contribution in [3.05, 3.63) is 17.5 Å². The summed E-state index contributed by atoms with van der Waals surface area (Å²) in [7, 11) is 1.64. The molecule has 0 atom stereocenters. The van der Waals surface area contributed by atoms with Crippen molar-refractivity contribution in [2.75, 3.05) is 20.3 Å². The van der Waals surface area contributed by atoms with E-state index in [0.717, 1.165) is 12.1 Å². The number of nitrogens with one attached hydrogen (secondary N) is 2. The van der Waals surface area contributed by atoms with Crippen LogP contribution in [0.2, 0.25) is 0 Å². The van der Waals surface area contributed by atoms with Crippen LogP contribution in [0.5, 0.6) is 0 Å². The molecule has 0 unspecified atom stereocenters. The van der Waals surface area contributed by atoms with Gasteiger partial charge < -0.3 is 10.1 Å². The normalized spacial score (nSPS) is 10.8. The van der Waals surface area contributed by atoms with Gasteiger partial charge in [0.25, 0.3) is 5.91 Å². The number of carbonyl (C=O) groups is 1. The van der Waals surface area contributed by atoms with Crippen LogP contribution in [0.3, 0.4) is 0 Å². The number of aromatic amines is 1. The van der Waals surface area contributed by atoms with Crippen molar-refractivity contribution in [3.8, 4) is 0 Å². The minimum atomic E-state index is -0.140. The van der Waals surface area contributed by atoms with Gasteiger partial charge in [0.05, 0.1) is 0 Å². The molecule has 16 heavy (non-hydrogen) atoms. The first-order valence-corrected chi connectivity index (χ1v) is 5.47. The number of amides is 1. The molecular weight excluding hydrogens is 206 g/mol. The minimum Gasteiger partial charge on any atom is -0.385 e. The SMILES string of the molecule is COCCCNC(=O)c1cc(C(C)C)[nH]n1. The van der Waals surface area contributed by atoms with Crippen molar-refractivity contribution in [3.63, 3.8) is 0 Å². The maximum atomic E-state index is 11.6. The van der Waals surface area contributed by atoms with Crippen LogP contribution >= 0.6 is 0 Å². The number of ether oxygens (including phenoxy) is 1. The van der Waals surface area contributed by atoms with Crippen molar-refractivity contribution in [1.29, 1.82) is 0 Å². The van der Waals surface area contributed by atoms with Crippen molar-refractivity contribution >= 4 is 5.91 Å². The second kappa shape index (κ2) is 6.27. The number of nitrogens with zero attached hydrogens (tertiary/aromatic N) is 1. The summed E-state index contributed by atoms with van der Waals surface area (Å²) in [5, 5.41) is 9.60. The first kappa shape index (κ1) is 12.7.